The molecule has 6 N–H and O–H groups in total. The zero-order valence-corrected chi connectivity index (χ0v) is 29.9. The molecular formula is C39H46N10O5. The summed E-state index contributed by atoms with van der Waals surface area (Å²) in [6.45, 7) is 2.81. The lowest BCUT2D eigenvalue weighted by atomic mass is 9.91. The molecule has 3 fully saturated rings. The number of fused-ring (bicyclic) bond motifs is 1. The van der Waals surface area contributed by atoms with Gasteiger partial charge in [0.1, 0.15) is 24.1 Å². The normalized spacial score (nSPS) is 23.3. The van der Waals surface area contributed by atoms with Crippen LogP contribution in [0.4, 0.5) is 22.4 Å². The summed E-state index contributed by atoms with van der Waals surface area (Å²) in [5.74, 6) is 1.90. The first kappa shape index (κ1) is 35.7. The van der Waals surface area contributed by atoms with Gasteiger partial charge in [0.15, 0.2) is 23.2 Å². The van der Waals surface area contributed by atoms with Crippen molar-refractivity contribution in [2.45, 2.75) is 61.8 Å². The van der Waals surface area contributed by atoms with Crippen molar-refractivity contribution in [1.29, 1.82) is 0 Å². The number of carbonyl (C=O) groups excluding carboxylic acids is 1. The van der Waals surface area contributed by atoms with Gasteiger partial charge in [-0.3, -0.25) is 4.57 Å². The van der Waals surface area contributed by atoms with Crippen LogP contribution < -0.4 is 25.8 Å². The van der Waals surface area contributed by atoms with E-state index < -0.39 is 31.1 Å². The Morgan fingerprint density at radius 3 is 2.15 bits per heavy atom. The van der Waals surface area contributed by atoms with Gasteiger partial charge in [-0.25, -0.2) is 14.8 Å². The first-order valence-corrected chi connectivity index (χ1v) is 18.6. The largest absolute Gasteiger partial charge is 0.394 e. The number of hydrogen-bond acceptors (Lipinski definition) is 12. The molecule has 3 saturated heterocycles. The number of aliphatic hydroxyl groups excluding tert-OH is 3. The summed E-state index contributed by atoms with van der Waals surface area (Å²) in [6.07, 6.45) is 1.12. The number of imidazole rings is 1. The van der Waals surface area contributed by atoms with Gasteiger partial charge in [0.05, 0.1) is 12.9 Å². The van der Waals surface area contributed by atoms with Crippen LogP contribution in [0.25, 0.3) is 11.2 Å². The van der Waals surface area contributed by atoms with Crippen LogP contribution in [0.15, 0.2) is 91.4 Å². The maximum absolute atomic E-state index is 13.1. The topological polar surface area (TPSA) is 186 Å². The summed E-state index contributed by atoms with van der Waals surface area (Å²) in [5.41, 5.74) is 3.16. The fraction of sp³-hybridized carbons (Fsp3) is 0.410. The minimum Gasteiger partial charge on any atom is -0.394 e. The van der Waals surface area contributed by atoms with Crippen molar-refractivity contribution in [2.24, 2.45) is 0 Å². The van der Waals surface area contributed by atoms with Crippen molar-refractivity contribution in [2.75, 3.05) is 54.4 Å². The highest BCUT2D eigenvalue weighted by molar-refractivity contribution is 5.84. The van der Waals surface area contributed by atoms with Crippen LogP contribution in [0, 0.1) is 0 Å². The highest BCUT2D eigenvalue weighted by Crippen LogP contribution is 2.34. The average molecular weight is 735 g/mol. The fourth-order valence-corrected chi connectivity index (χ4v) is 7.73. The Morgan fingerprint density at radius 2 is 1.48 bits per heavy atom. The number of rotatable bonds is 11. The SMILES string of the molecule is O=C(NC1CCN(c2ccccn2)CC1)N[C@@H]1CCN(c2nc(NCC(c3ccccc3)c3ccccc3)c3ncn([C@@H]4O[C@H](CO)[C@@H](O)[C@H]4O)c3n2)C1. The first-order valence-electron chi connectivity index (χ1n) is 18.6. The van der Waals surface area contributed by atoms with E-state index >= 15 is 0 Å². The molecule has 15 heteroatoms. The number of aromatic nitrogens is 5. The van der Waals surface area contributed by atoms with E-state index in [0.717, 1.165) is 42.9 Å². The van der Waals surface area contributed by atoms with Crippen LogP contribution in [-0.4, -0.2) is 116 Å². The van der Waals surface area contributed by atoms with Gasteiger partial charge in [-0.15, -0.1) is 0 Å². The third kappa shape index (κ3) is 7.53. The number of ether oxygens (including phenoxy) is 1. The highest BCUT2D eigenvalue weighted by Gasteiger charge is 2.44. The average Bonchev–Trinajstić information content (AvgIpc) is 3.93. The van der Waals surface area contributed by atoms with Gasteiger partial charge in [-0.1, -0.05) is 66.7 Å². The predicted octanol–water partition coefficient (Wildman–Crippen LogP) is 2.62. The van der Waals surface area contributed by atoms with Crippen molar-refractivity contribution >= 4 is 34.8 Å². The number of anilines is 3. The van der Waals surface area contributed by atoms with Crippen molar-refractivity contribution in [3.05, 3.63) is 103 Å². The molecule has 0 radical (unpaired) electrons. The minimum atomic E-state index is -1.31. The Labute approximate surface area is 313 Å². The number of urea groups is 1. The molecule has 15 nitrogen and oxygen atoms in total. The van der Waals surface area contributed by atoms with Gasteiger partial charge >= 0.3 is 6.03 Å². The van der Waals surface area contributed by atoms with Crippen LogP contribution in [0.3, 0.4) is 0 Å². The van der Waals surface area contributed by atoms with Gasteiger partial charge < -0.3 is 45.8 Å². The van der Waals surface area contributed by atoms with E-state index in [9.17, 15) is 20.1 Å². The number of pyridine rings is 1. The third-order valence-corrected chi connectivity index (χ3v) is 10.7. The van der Waals surface area contributed by atoms with Gasteiger partial charge in [0, 0.05) is 56.9 Å². The number of piperidine rings is 1. The van der Waals surface area contributed by atoms with Crippen molar-refractivity contribution in [1.82, 2.24) is 35.1 Å². The summed E-state index contributed by atoms with van der Waals surface area (Å²) in [7, 11) is 0. The molecule has 0 bridgehead atoms. The molecule has 8 rings (SSSR count). The molecule has 2 amide bonds. The second-order valence-corrected chi connectivity index (χ2v) is 14.2. The zero-order valence-electron chi connectivity index (χ0n) is 29.9. The van der Waals surface area contributed by atoms with E-state index in [2.05, 4.69) is 55.1 Å². The molecule has 0 spiro atoms. The molecule has 5 atom stereocenters. The van der Waals surface area contributed by atoms with Crippen LogP contribution in [-0.2, 0) is 4.74 Å². The van der Waals surface area contributed by atoms with Crippen LogP contribution >= 0.6 is 0 Å². The molecule has 0 aliphatic carbocycles. The molecule has 3 aliphatic rings. The summed E-state index contributed by atoms with van der Waals surface area (Å²) in [6, 6.07) is 26.2. The number of aliphatic hydroxyl groups is 3. The van der Waals surface area contributed by atoms with Gasteiger partial charge in [-0.05, 0) is 42.5 Å². The highest BCUT2D eigenvalue weighted by atomic mass is 16.6. The van der Waals surface area contributed by atoms with Crippen LogP contribution in [0.1, 0.15) is 42.5 Å². The van der Waals surface area contributed by atoms with E-state index in [1.165, 1.54) is 6.33 Å². The molecule has 5 aromatic rings. The molecule has 2 aromatic carbocycles. The van der Waals surface area contributed by atoms with E-state index in [-0.39, 0.29) is 24.0 Å². The van der Waals surface area contributed by atoms with E-state index in [0.29, 0.717) is 49.0 Å². The van der Waals surface area contributed by atoms with Gasteiger partial charge in [0.25, 0.3) is 0 Å². The quantitative estimate of drug-likeness (QED) is 0.117. The Morgan fingerprint density at radius 1 is 0.815 bits per heavy atom. The Bertz CT molecular complexity index is 1960. The van der Waals surface area contributed by atoms with Gasteiger partial charge in [-0.2, -0.15) is 9.97 Å². The standard InChI is InChI=1S/C39H46N10O5/c50-23-30-33(51)34(52)37(54-30)49-24-42-32-35(41-21-29(25-9-3-1-4-10-25)26-11-5-2-6-12-26)45-38(46-36(32)49)48-20-16-28(22-48)44-39(53)43-27-14-18-47(19-15-27)31-13-7-8-17-40-31/h1-13,17,24,27-30,33-34,37,50-52H,14-16,18-23H2,(H,41,45,46)(H2,43,44,53)/t28-,30-,33-,34-,37-/m1/s1. The first-order chi connectivity index (χ1) is 26.4. The molecule has 0 saturated carbocycles. The number of hydrogen-bond donors (Lipinski definition) is 6. The smallest absolute Gasteiger partial charge is 0.315 e. The number of benzene rings is 2. The second kappa shape index (κ2) is 15.9. The summed E-state index contributed by atoms with van der Waals surface area (Å²) in [5, 5.41) is 41.1. The molecule has 6 heterocycles. The summed E-state index contributed by atoms with van der Waals surface area (Å²) < 4.78 is 7.46. The van der Waals surface area contributed by atoms with E-state index in [4.69, 9.17) is 14.7 Å². The van der Waals surface area contributed by atoms with E-state index in [1.54, 1.807) is 10.8 Å². The lowest BCUT2D eigenvalue weighted by molar-refractivity contribution is -0.0511. The number of carbonyl (C=O) groups is 1. The Balaban J connectivity index is 1.00. The second-order valence-electron chi connectivity index (χ2n) is 14.2. The lowest BCUT2D eigenvalue weighted by Crippen LogP contribution is -2.50. The maximum Gasteiger partial charge on any atom is 0.315 e. The molecular weight excluding hydrogens is 688 g/mol. The summed E-state index contributed by atoms with van der Waals surface area (Å²) >= 11 is 0. The maximum atomic E-state index is 13.1. The monoisotopic (exact) mass is 734 g/mol. The van der Waals surface area contributed by atoms with Crippen molar-refractivity contribution in [3.63, 3.8) is 0 Å². The van der Waals surface area contributed by atoms with Crippen molar-refractivity contribution in [3.8, 4) is 0 Å². The zero-order chi connectivity index (χ0) is 37.0. The Hall–Kier alpha value is -5.35. The minimum absolute atomic E-state index is 0.00419. The number of amides is 2. The predicted molar refractivity (Wildman–Crippen MR) is 203 cm³/mol. The van der Waals surface area contributed by atoms with E-state index in [1.807, 2.05) is 59.5 Å². The third-order valence-electron chi connectivity index (χ3n) is 10.7. The Kier molecular flexibility index (Phi) is 10.5. The van der Waals surface area contributed by atoms with Crippen LogP contribution in [0.2, 0.25) is 0 Å². The molecule has 54 heavy (non-hydrogen) atoms. The lowest BCUT2D eigenvalue weighted by Gasteiger charge is -2.33. The fourth-order valence-electron chi connectivity index (χ4n) is 7.73. The number of nitrogens with zero attached hydrogens (tertiary/aromatic N) is 7. The summed E-state index contributed by atoms with van der Waals surface area (Å²) in [4.78, 5) is 36.4. The molecule has 3 aliphatic heterocycles. The van der Waals surface area contributed by atoms with Gasteiger partial charge in [0.2, 0.25) is 5.95 Å². The molecule has 3 aromatic heterocycles. The van der Waals surface area contributed by atoms with Crippen molar-refractivity contribution < 1.29 is 24.9 Å². The van der Waals surface area contributed by atoms with Crippen LogP contribution in [0.5, 0.6) is 0 Å². The molecule has 0 unspecified atom stereocenters. The number of nitrogens with one attached hydrogen (secondary N) is 3. The molecule has 282 valence electrons.